The van der Waals surface area contributed by atoms with E-state index in [0.29, 0.717) is 26.6 Å². The number of aliphatic carboxylic acids is 1. The Morgan fingerprint density at radius 1 is 1.16 bits per heavy atom. The van der Waals surface area contributed by atoms with Crippen molar-refractivity contribution in [2.75, 3.05) is 6.66 Å². The number of ether oxygens (including phenoxy) is 1. The molecule has 0 aromatic heterocycles. The van der Waals surface area contributed by atoms with Crippen molar-refractivity contribution in [2.45, 2.75) is 32.5 Å². The molecule has 166 valence electrons. The fourth-order valence-electron chi connectivity index (χ4n) is 2.82. The van der Waals surface area contributed by atoms with Crippen molar-refractivity contribution in [3.05, 3.63) is 50.4 Å². The molecule has 0 saturated carbocycles. The van der Waals surface area contributed by atoms with E-state index in [4.69, 9.17) is 9.84 Å². The Kier molecular flexibility index (Phi) is 9.03. The van der Waals surface area contributed by atoms with Crippen molar-refractivity contribution in [2.24, 2.45) is 5.92 Å². The number of phenols is 1. The number of amides is 1. The van der Waals surface area contributed by atoms with Crippen LogP contribution in [0.2, 0.25) is 0 Å². The second kappa shape index (κ2) is 11.1. The Bertz CT molecular complexity index is 988. The molecular formula is C21H23Br2NO6P+. The highest BCUT2D eigenvalue weighted by Gasteiger charge is 2.22. The number of rotatable bonds is 9. The summed E-state index contributed by atoms with van der Waals surface area (Å²) in [5, 5.41) is 21.9. The quantitative estimate of drug-likeness (QED) is 0.321. The van der Waals surface area contributed by atoms with Crippen LogP contribution in [0.1, 0.15) is 36.2 Å². The maximum Gasteiger partial charge on any atom is 0.340 e. The lowest BCUT2D eigenvalue weighted by atomic mass is 10.0. The van der Waals surface area contributed by atoms with E-state index < -0.39 is 25.7 Å². The predicted molar refractivity (Wildman–Crippen MR) is 126 cm³/mol. The molecule has 31 heavy (non-hydrogen) atoms. The third-order valence-electron chi connectivity index (χ3n) is 4.41. The summed E-state index contributed by atoms with van der Waals surface area (Å²) < 4.78 is 18.7. The lowest BCUT2D eigenvalue weighted by molar-refractivity contribution is -0.137. The molecule has 0 aliphatic carbocycles. The molecule has 0 spiro atoms. The molecule has 2 atom stereocenters. The van der Waals surface area contributed by atoms with Crippen LogP contribution in [-0.2, 0) is 15.5 Å². The van der Waals surface area contributed by atoms with Gasteiger partial charge < -0.3 is 20.3 Å². The third-order valence-corrected chi connectivity index (χ3v) is 6.40. The van der Waals surface area contributed by atoms with Gasteiger partial charge in [-0.05, 0) is 68.1 Å². The summed E-state index contributed by atoms with van der Waals surface area (Å²) in [6.07, 6.45) is 0.208. The maximum absolute atomic E-state index is 12.7. The lowest BCUT2D eigenvalue weighted by Gasteiger charge is -2.21. The van der Waals surface area contributed by atoms with Crippen LogP contribution in [0.5, 0.6) is 17.2 Å². The Morgan fingerprint density at radius 3 is 2.29 bits per heavy atom. The van der Waals surface area contributed by atoms with Crippen LogP contribution in [0.4, 0.5) is 0 Å². The molecular weight excluding hydrogens is 553 g/mol. The highest BCUT2D eigenvalue weighted by atomic mass is 79.9. The van der Waals surface area contributed by atoms with E-state index in [1.165, 1.54) is 18.2 Å². The van der Waals surface area contributed by atoms with Crippen LogP contribution in [0.3, 0.4) is 0 Å². The molecule has 2 unspecified atom stereocenters. The van der Waals surface area contributed by atoms with Gasteiger partial charge in [0.05, 0.1) is 20.9 Å². The second-order valence-corrected chi connectivity index (χ2v) is 10.7. The van der Waals surface area contributed by atoms with Gasteiger partial charge in [-0.15, -0.1) is 0 Å². The van der Waals surface area contributed by atoms with Crippen LogP contribution >= 0.6 is 39.7 Å². The van der Waals surface area contributed by atoms with E-state index in [-0.39, 0.29) is 23.7 Å². The van der Waals surface area contributed by atoms with Crippen LogP contribution in [0.25, 0.3) is 0 Å². The number of carbonyl (C=O) groups excluding carboxylic acids is 1. The summed E-state index contributed by atoms with van der Waals surface area (Å²) in [7, 11) is -1.33. The van der Waals surface area contributed by atoms with Crippen molar-refractivity contribution in [3.8, 4) is 17.2 Å². The van der Waals surface area contributed by atoms with Crippen LogP contribution in [0, 0.1) is 5.92 Å². The number of benzene rings is 2. The molecule has 7 nitrogen and oxygen atoms in total. The second-order valence-electron chi connectivity index (χ2n) is 7.38. The average molecular weight is 576 g/mol. The van der Waals surface area contributed by atoms with Crippen molar-refractivity contribution < 1.29 is 29.1 Å². The minimum absolute atomic E-state index is 0.0274. The van der Waals surface area contributed by atoms with Gasteiger partial charge in [-0.1, -0.05) is 18.4 Å². The Labute approximate surface area is 198 Å². The highest BCUT2D eigenvalue weighted by Crippen LogP contribution is 2.40. The van der Waals surface area contributed by atoms with Crippen molar-refractivity contribution >= 4 is 51.5 Å². The summed E-state index contributed by atoms with van der Waals surface area (Å²) in [5.41, 5.74) is 0.846. The van der Waals surface area contributed by atoms with Gasteiger partial charge in [-0.25, -0.2) is 0 Å². The molecule has 10 heteroatoms. The molecule has 2 rings (SSSR count). The number of carboxylic acids is 1. The number of hydrogen-bond donors (Lipinski definition) is 3. The Hall–Kier alpha value is -1.96. The monoisotopic (exact) mass is 574 g/mol. The highest BCUT2D eigenvalue weighted by molar-refractivity contribution is 9.11. The largest absolute Gasteiger partial charge is 0.507 e. The van der Waals surface area contributed by atoms with Gasteiger partial charge in [0.25, 0.3) is 5.91 Å². The standard InChI is InChI=1S/C21H22Br2NO6P/c1-11(2)17(9-19(26)27)24-21(28)14-8-13(4-5-18(14)25)30-20-15(22)6-12(7-16(20)23)10-31(3)29/h4-8,11,17H,9-10H2,1-3H3,(H2-,24,25,26,27,28)/p+1. The van der Waals surface area contributed by atoms with Crippen LogP contribution < -0.4 is 10.1 Å². The van der Waals surface area contributed by atoms with Gasteiger partial charge in [0, 0.05) is 11.6 Å². The summed E-state index contributed by atoms with van der Waals surface area (Å²) in [6.45, 7) is 5.27. The van der Waals surface area contributed by atoms with Gasteiger partial charge in [-0.2, -0.15) is 0 Å². The van der Waals surface area contributed by atoms with Crippen LogP contribution in [-0.4, -0.2) is 34.8 Å². The van der Waals surface area contributed by atoms with Crippen molar-refractivity contribution in [1.29, 1.82) is 0 Å². The molecule has 2 aromatic rings. The number of carboxylic acid groups (broad SMARTS) is 1. The molecule has 0 aliphatic heterocycles. The van der Waals surface area contributed by atoms with Crippen molar-refractivity contribution in [3.63, 3.8) is 0 Å². The average Bonchev–Trinajstić information content (AvgIpc) is 2.64. The number of nitrogens with one attached hydrogen (secondary N) is 1. The zero-order valence-electron chi connectivity index (χ0n) is 17.2. The topological polar surface area (TPSA) is 113 Å². The van der Waals surface area contributed by atoms with E-state index in [9.17, 15) is 19.3 Å². The van der Waals surface area contributed by atoms with Gasteiger partial charge in [-0.3, -0.25) is 9.59 Å². The zero-order valence-corrected chi connectivity index (χ0v) is 21.3. The molecule has 0 saturated heterocycles. The van der Waals surface area contributed by atoms with Crippen LogP contribution in [0.15, 0.2) is 39.3 Å². The summed E-state index contributed by atoms with van der Waals surface area (Å²) in [5.74, 6) is -1.21. The molecule has 0 fully saturated rings. The van der Waals surface area contributed by atoms with E-state index in [1.807, 2.05) is 12.1 Å². The summed E-state index contributed by atoms with van der Waals surface area (Å²) in [6, 6.07) is 7.27. The minimum atomic E-state index is -1.33. The number of aromatic hydroxyl groups is 1. The maximum atomic E-state index is 12.7. The van der Waals surface area contributed by atoms with Gasteiger partial charge >= 0.3 is 13.8 Å². The Morgan fingerprint density at radius 2 is 1.77 bits per heavy atom. The SMILES string of the molecule is CC(C)C(CC(=O)O)NC(=O)c1cc(Oc2c(Br)cc(C[P+](C)=O)cc2Br)ccc1O. The van der Waals surface area contributed by atoms with E-state index >= 15 is 0 Å². The first kappa shape index (κ1) is 25.3. The number of phenolic OH excluding ortho intramolecular Hbond substituents is 1. The molecule has 0 aliphatic rings. The molecule has 0 radical (unpaired) electrons. The fourth-order valence-corrected chi connectivity index (χ4v) is 4.96. The number of carbonyl (C=O) groups is 2. The van der Waals surface area contributed by atoms with Crippen molar-refractivity contribution in [1.82, 2.24) is 5.32 Å². The van der Waals surface area contributed by atoms with E-state index in [0.717, 1.165) is 5.56 Å². The smallest absolute Gasteiger partial charge is 0.340 e. The third kappa shape index (κ3) is 7.30. The summed E-state index contributed by atoms with van der Waals surface area (Å²) >= 11 is 6.89. The van der Waals surface area contributed by atoms with E-state index in [1.54, 1.807) is 20.5 Å². The molecule has 0 bridgehead atoms. The zero-order chi connectivity index (χ0) is 23.3. The minimum Gasteiger partial charge on any atom is -0.507 e. The first-order valence-electron chi connectivity index (χ1n) is 9.37. The van der Waals surface area contributed by atoms with E-state index in [2.05, 4.69) is 37.2 Å². The normalized spacial score (nSPS) is 12.4. The summed E-state index contributed by atoms with van der Waals surface area (Å²) in [4.78, 5) is 23.7. The molecule has 1 amide bonds. The molecule has 2 aromatic carbocycles. The number of hydrogen-bond acceptors (Lipinski definition) is 5. The first-order valence-corrected chi connectivity index (χ1v) is 12.9. The molecule has 0 heterocycles. The predicted octanol–water partition coefficient (Wildman–Crippen LogP) is 5.90. The van der Waals surface area contributed by atoms with Gasteiger partial charge in [0.2, 0.25) is 0 Å². The first-order chi connectivity index (χ1) is 14.5. The molecule has 3 N–H and O–H groups in total. The fraction of sp³-hybridized carbons (Fsp3) is 0.333. The van der Waals surface area contributed by atoms with Gasteiger partial charge in [0.1, 0.15) is 18.2 Å². The van der Waals surface area contributed by atoms with Gasteiger partial charge in [0.15, 0.2) is 11.9 Å². The Balaban J connectivity index is 2.28. The lowest BCUT2D eigenvalue weighted by Crippen LogP contribution is -2.40. The number of halogens is 2.